The van der Waals surface area contributed by atoms with Gasteiger partial charge in [0.2, 0.25) is 0 Å². The summed E-state index contributed by atoms with van der Waals surface area (Å²) in [4.78, 5) is 13.3. The summed E-state index contributed by atoms with van der Waals surface area (Å²) in [5.41, 5.74) is 3.45. The third kappa shape index (κ3) is 5.15. The molecule has 0 heterocycles. The molecule has 1 N–H and O–H groups in total. The van der Waals surface area contributed by atoms with Gasteiger partial charge in [0, 0.05) is 5.69 Å². The summed E-state index contributed by atoms with van der Waals surface area (Å²) >= 11 is 0. The molecule has 0 spiro atoms. The van der Waals surface area contributed by atoms with Crippen LogP contribution in [-0.4, -0.2) is 12.6 Å². The maximum Gasteiger partial charge on any atom is 0.313 e. The lowest BCUT2D eigenvalue weighted by molar-refractivity contribution is -0.145. The molecule has 0 aliphatic heterocycles. The van der Waals surface area contributed by atoms with Crippen LogP contribution in [0.5, 0.6) is 0 Å². The first-order chi connectivity index (χ1) is 16.2. The summed E-state index contributed by atoms with van der Waals surface area (Å²) < 4.78 is 5.56. The summed E-state index contributed by atoms with van der Waals surface area (Å²) in [6, 6.07) is 40.8. The van der Waals surface area contributed by atoms with Gasteiger partial charge >= 0.3 is 5.97 Å². The van der Waals surface area contributed by atoms with E-state index in [0.29, 0.717) is 13.0 Å². The van der Waals surface area contributed by atoms with Crippen molar-refractivity contribution in [1.82, 2.24) is 0 Å². The fourth-order valence-electron chi connectivity index (χ4n) is 4.38. The van der Waals surface area contributed by atoms with Crippen LogP contribution in [-0.2, 0) is 15.1 Å². The van der Waals surface area contributed by atoms with Gasteiger partial charge in [0.25, 0.3) is 0 Å². The minimum absolute atomic E-state index is 0.213. The third-order valence-corrected chi connectivity index (χ3v) is 5.95. The van der Waals surface area contributed by atoms with E-state index in [1.54, 1.807) is 0 Å². The van der Waals surface area contributed by atoms with Crippen molar-refractivity contribution in [3.63, 3.8) is 0 Å². The lowest BCUT2D eigenvalue weighted by Gasteiger charge is -2.39. The van der Waals surface area contributed by atoms with Crippen molar-refractivity contribution >= 4 is 11.7 Å². The number of para-hydroxylation sites is 1. The lowest BCUT2D eigenvalue weighted by Crippen LogP contribution is -2.40. The summed E-state index contributed by atoms with van der Waals surface area (Å²) in [5.74, 6) is -0.655. The molecular formula is C30H29NO2. The van der Waals surface area contributed by atoms with Crippen LogP contribution in [0.2, 0.25) is 0 Å². The van der Waals surface area contributed by atoms with Gasteiger partial charge in [0.15, 0.2) is 0 Å². The zero-order valence-electron chi connectivity index (χ0n) is 18.9. The molecule has 4 rings (SSSR count). The van der Waals surface area contributed by atoms with E-state index >= 15 is 0 Å². The number of ether oxygens (including phenoxy) is 1. The second-order valence-electron chi connectivity index (χ2n) is 8.05. The van der Waals surface area contributed by atoms with Crippen molar-refractivity contribution in [3.05, 3.63) is 138 Å². The number of benzene rings is 4. The van der Waals surface area contributed by atoms with Gasteiger partial charge in [-0.15, -0.1) is 0 Å². The van der Waals surface area contributed by atoms with Crippen LogP contribution in [0.4, 0.5) is 5.69 Å². The Bertz CT molecular complexity index is 1090. The minimum atomic E-state index is -0.656. The number of hydrogen-bond donors (Lipinski definition) is 1. The van der Waals surface area contributed by atoms with Gasteiger partial charge in [-0.3, -0.25) is 4.79 Å². The number of anilines is 1. The molecule has 0 amide bonds. The molecule has 4 aromatic rings. The van der Waals surface area contributed by atoms with Gasteiger partial charge in [0.05, 0.1) is 18.1 Å². The van der Waals surface area contributed by atoms with Crippen LogP contribution in [0.3, 0.4) is 0 Å². The molecule has 0 radical (unpaired) electrons. The quantitative estimate of drug-likeness (QED) is 0.295. The molecule has 0 aromatic heterocycles. The molecule has 0 aliphatic carbocycles. The molecular weight excluding hydrogens is 406 g/mol. The first kappa shape index (κ1) is 22.3. The van der Waals surface area contributed by atoms with E-state index in [0.717, 1.165) is 22.4 Å². The summed E-state index contributed by atoms with van der Waals surface area (Å²) in [7, 11) is 0. The molecule has 0 saturated heterocycles. The van der Waals surface area contributed by atoms with Crippen molar-refractivity contribution in [1.29, 1.82) is 0 Å². The molecule has 166 valence electrons. The Balaban J connectivity index is 1.91. The molecule has 0 bridgehead atoms. The Labute approximate surface area is 196 Å². The molecule has 0 unspecified atom stereocenters. The van der Waals surface area contributed by atoms with Crippen LogP contribution >= 0.6 is 0 Å². The largest absolute Gasteiger partial charge is 0.466 e. The van der Waals surface area contributed by atoms with E-state index < -0.39 is 11.5 Å². The molecule has 0 fully saturated rings. The zero-order valence-corrected chi connectivity index (χ0v) is 18.9. The van der Waals surface area contributed by atoms with Crippen molar-refractivity contribution in [2.75, 3.05) is 11.9 Å². The van der Waals surface area contributed by atoms with Gasteiger partial charge in [-0.05, 0) is 42.2 Å². The fraction of sp³-hybridized carbons (Fsp3) is 0.167. The van der Waals surface area contributed by atoms with E-state index in [1.807, 2.05) is 91.9 Å². The second-order valence-corrected chi connectivity index (χ2v) is 8.05. The fourth-order valence-corrected chi connectivity index (χ4v) is 4.38. The Hall–Kier alpha value is -3.85. The molecule has 0 aliphatic rings. The maximum atomic E-state index is 13.3. The highest BCUT2D eigenvalue weighted by molar-refractivity contribution is 5.79. The van der Waals surface area contributed by atoms with Crippen molar-refractivity contribution in [3.8, 4) is 0 Å². The number of esters is 1. The van der Waals surface area contributed by atoms with E-state index in [-0.39, 0.29) is 5.97 Å². The SMILES string of the molecule is CCOC(=O)[C@@H](CC(Nc1ccccc1)(c1ccccc1)c1ccccc1)c1ccccc1. The number of nitrogens with one attached hydrogen (secondary N) is 1. The summed E-state index contributed by atoms with van der Waals surface area (Å²) in [5, 5.41) is 3.81. The topological polar surface area (TPSA) is 38.3 Å². The van der Waals surface area contributed by atoms with E-state index in [1.165, 1.54) is 0 Å². The van der Waals surface area contributed by atoms with Crippen LogP contribution in [0.1, 0.15) is 36.0 Å². The van der Waals surface area contributed by atoms with Gasteiger partial charge in [-0.1, -0.05) is 109 Å². The minimum Gasteiger partial charge on any atom is -0.466 e. The average molecular weight is 436 g/mol. The monoisotopic (exact) mass is 435 g/mol. The van der Waals surface area contributed by atoms with Crippen LogP contribution in [0.25, 0.3) is 0 Å². The Morgan fingerprint density at radius 2 is 1.18 bits per heavy atom. The number of rotatable bonds is 9. The number of carbonyl (C=O) groups is 1. The Morgan fingerprint density at radius 1 is 0.727 bits per heavy atom. The molecule has 1 atom stereocenters. The van der Waals surface area contributed by atoms with Crippen molar-refractivity contribution in [2.45, 2.75) is 24.8 Å². The highest BCUT2D eigenvalue weighted by Crippen LogP contribution is 2.42. The highest BCUT2D eigenvalue weighted by atomic mass is 16.5. The van der Waals surface area contributed by atoms with Gasteiger partial charge in [-0.25, -0.2) is 0 Å². The molecule has 3 nitrogen and oxygen atoms in total. The smallest absolute Gasteiger partial charge is 0.313 e. The maximum absolute atomic E-state index is 13.3. The molecule has 4 aromatic carbocycles. The second kappa shape index (κ2) is 10.6. The van der Waals surface area contributed by atoms with E-state index in [4.69, 9.17) is 4.74 Å². The van der Waals surface area contributed by atoms with Gasteiger partial charge in [0.1, 0.15) is 0 Å². The first-order valence-electron chi connectivity index (χ1n) is 11.4. The Kier molecular flexibility index (Phi) is 7.21. The standard InChI is InChI=1S/C30H29NO2/c1-2-33-29(32)28(24-15-7-3-8-16-24)23-30(25-17-9-4-10-18-25,26-19-11-5-12-20-26)31-27-21-13-6-14-22-27/h3-22,28,31H,2,23H2,1H3/t28-/m0/s1. The van der Waals surface area contributed by atoms with Crippen LogP contribution < -0.4 is 5.32 Å². The predicted octanol–water partition coefficient (Wildman–Crippen LogP) is 6.78. The van der Waals surface area contributed by atoms with Crippen LogP contribution in [0.15, 0.2) is 121 Å². The molecule has 0 saturated carbocycles. The summed E-state index contributed by atoms with van der Waals surface area (Å²) in [6.07, 6.45) is 0.499. The van der Waals surface area contributed by atoms with Gasteiger partial charge < -0.3 is 10.1 Å². The van der Waals surface area contributed by atoms with E-state index in [9.17, 15) is 4.79 Å². The van der Waals surface area contributed by atoms with Crippen molar-refractivity contribution < 1.29 is 9.53 Å². The zero-order chi connectivity index (χ0) is 22.9. The van der Waals surface area contributed by atoms with E-state index in [2.05, 4.69) is 41.7 Å². The number of hydrogen-bond acceptors (Lipinski definition) is 3. The average Bonchev–Trinajstić information content (AvgIpc) is 2.89. The number of carbonyl (C=O) groups excluding carboxylic acids is 1. The molecule has 33 heavy (non-hydrogen) atoms. The lowest BCUT2D eigenvalue weighted by atomic mass is 9.74. The predicted molar refractivity (Wildman–Crippen MR) is 134 cm³/mol. The summed E-state index contributed by atoms with van der Waals surface area (Å²) in [6.45, 7) is 2.20. The highest BCUT2D eigenvalue weighted by Gasteiger charge is 2.40. The Morgan fingerprint density at radius 3 is 1.67 bits per heavy atom. The van der Waals surface area contributed by atoms with Crippen molar-refractivity contribution in [2.24, 2.45) is 0 Å². The first-order valence-corrected chi connectivity index (χ1v) is 11.4. The molecule has 3 heteroatoms. The van der Waals surface area contributed by atoms with Crippen LogP contribution in [0, 0.1) is 0 Å². The third-order valence-electron chi connectivity index (χ3n) is 5.95. The normalized spacial score (nSPS) is 12.0. The van der Waals surface area contributed by atoms with Gasteiger partial charge in [-0.2, -0.15) is 0 Å².